The first-order valence-electron chi connectivity index (χ1n) is 10.7. The average molecular weight is 381 g/mol. The van der Waals surface area contributed by atoms with E-state index in [0.29, 0.717) is 17.9 Å². The molecule has 3 aliphatic rings. The first-order valence-corrected chi connectivity index (χ1v) is 10.7. The van der Waals surface area contributed by atoms with Gasteiger partial charge < -0.3 is 9.47 Å². The molecule has 1 aromatic carbocycles. The highest BCUT2D eigenvalue weighted by atomic mass is 19.1. The molecule has 2 aromatic rings. The highest BCUT2D eigenvalue weighted by Crippen LogP contribution is 2.49. The van der Waals surface area contributed by atoms with Gasteiger partial charge >= 0.3 is 0 Å². The van der Waals surface area contributed by atoms with Crippen LogP contribution in [0.3, 0.4) is 0 Å². The Balaban J connectivity index is 1.17. The molecular weight excluding hydrogens is 353 g/mol. The van der Waals surface area contributed by atoms with E-state index in [1.54, 1.807) is 6.07 Å². The molecular formula is C23H28FN3O. The van der Waals surface area contributed by atoms with Gasteiger partial charge in [-0.15, -0.1) is 0 Å². The zero-order valence-corrected chi connectivity index (χ0v) is 16.3. The number of piperidine rings is 1. The van der Waals surface area contributed by atoms with Crippen molar-refractivity contribution in [3.05, 3.63) is 42.6 Å². The van der Waals surface area contributed by atoms with Crippen molar-refractivity contribution in [2.45, 2.75) is 51.0 Å². The number of benzene rings is 1. The number of amides is 1. The Bertz CT molecular complexity index is 855. The molecule has 28 heavy (non-hydrogen) atoms. The standard InChI is InChI=1S/C23H28FN3O/c24-20-3-1-2-18(12-20)22-14-27(15-25-22)21-6-8-26(9-7-21)23(28)13-19-11-16-4-5-17(19)10-16/h1-3,12,14-17,19,21H,4-11,13H2. The second-order valence-corrected chi connectivity index (χ2v) is 8.97. The van der Waals surface area contributed by atoms with E-state index < -0.39 is 0 Å². The third-order valence-electron chi connectivity index (χ3n) is 7.28. The number of halogens is 1. The highest BCUT2D eigenvalue weighted by molar-refractivity contribution is 5.76. The van der Waals surface area contributed by atoms with Crippen molar-refractivity contribution < 1.29 is 9.18 Å². The molecule has 5 heteroatoms. The summed E-state index contributed by atoms with van der Waals surface area (Å²) in [5.74, 6) is 2.49. The zero-order chi connectivity index (χ0) is 19.1. The largest absolute Gasteiger partial charge is 0.343 e. The second kappa shape index (κ2) is 7.34. The van der Waals surface area contributed by atoms with Crippen molar-refractivity contribution in [2.24, 2.45) is 17.8 Å². The van der Waals surface area contributed by atoms with Gasteiger partial charge in [0.25, 0.3) is 0 Å². The predicted molar refractivity (Wildman–Crippen MR) is 106 cm³/mol. The number of hydrogen-bond acceptors (Lipinski definition) is 2. The summed E-state index contributed by atoms with van der Waals surface area (Å²) in [5.41, 5.74) is 1.60. The fourth-order valence-electron chi connectivity index (χ4n) is 5.73. The number of hydrogen-bond donors (Lipinski definition) is 0. The molecule has 2 aliphatic carbocycles. The molecule has 5 rings (SSSR count). The average Bonchev–Trinajstić information content (AvgIpc) is 3.45. The van der Waals surface area contributed by atoms with E-state index in [4.69, 9.17) is 0 Å². The van der Waals surface area contributed by atoms with E-state index in [9.17, 15) is 9.18 Å². The van der Waals surface area contributed by atoms with E-state index >= 15 is 0 Å². The lowest BCUT2D eigenvalue weighted by molar-refractivity contribution is -0.133. The maximum Gasteiger partial charge on any atom is 0.222 e. The van der Waals surface area contributed by atoms with E-state index in [1.165, 1.54) is 37.8 Å². The normalized spacial score (nSPS) is 27.5. The van der Waals surface area contributed by atoms with E-state index in [0.717, 1.165) is 55.4 Å². The van der Waals surface area contributed by atoms with Crippen LogP contribution in [0.15, 0.2) is 36.8 Å². The molecule has 1 amide bonds. The summed E-state index contributed by atoms with van der Waals surface area (Å²) in [6.07, 6.45) is 11.9. The Kier molecular flexibility index (Phi) is 4.69. The van der Waals surface area contributed by atoms with Crippen molar-refractivity contribution in [2.75, 3.05) is 13.1 Å². The molecule has 3 atom stereocenters. The van der Waals surface area contributed by atoms with Crippen LogP contribution >= 0.6 is 0 Å². The molecule has 4 nitrogen and oxygen atoms in total. The zero-order valence-electron chi connectivity index (χ0n) is 16.3. The molecule has 3 unspecified atom stereocenters. The minimum Gasteiger partial charge on any atom is -0.343 e. The van der Waals surface area contributed by atoms with Crippen LogP contribution in [-0.4, -0.2) is 33.4 Å². The number of rotatable bonds is 4. The number of fused-ring (bicyclic) bond motifs is 2. The van der Waals surface area contributed by atoms with Crippen molar-refractivity contribution in [3.63, 3.8) is 0 Å². The van der Waals surface area contributed by atoms with Crippen LogP contribution in [0.25, 0.3) is 11.3 Å². The van der Waals surface area contributed by atoms with Crippen LogP contribution < -0.4 is 0 Å². The Morgan fingerprint density at radius 1 is 1.14 bits per heavy atom. The highest BCUT2D eigenvalue weighted by Gasteiger charge is 2.40. The van der Waals surface area contributed by atoms with Crippen molar-refractivity contribution in [3.8, 4) is 11.3 Å². The molecule has 3 fully saturated rings. The third kappa shape index (κ3) is 3.47. The van der Waals surface area contributed by atoms with Crippen molar-refractivity contribution in [1.29, 1.82) is 0 Å². The first kappa shape index (κ1) is 17.9. The summed E-state index contributed by atoms with van der Waals surface area (Å²) in [5, 5.41) is 0. The van der Waals surface area contributed by atoms with E-state index in [-0.39, 0.29) is 5.82 Å². The van der Waals surface area contributed by atoms with Crippen LogP contribution in [-0.2, 0) is 4.79 Å². The van der Waals surface area contributed by atoms with Gasteiger partial charge in [-0.3, -0.25) is 4.79 Å². The topological polar surface area (TPSA) is 38.1 Å². The van der Waals surface area contributed by atoms with Gasteiger partial charge in [-0.05, 0) is 62.0 Å². The molecule has 1 aliphatic heterocycles. The summed E-state index contributed by atoms with van der Waals surface area (Å²) >= 11 is 0. The summed E-state index contributed by atoms with van der Waals surface area (Å²) in [4.78, 5) is 19.3. The fourth-order valence-corrected chi connectivity index (χ4v) is 5.73. The lowest BCUT2D eigenvalue weighted by Gasteiger charge is -2.34. The molecule has 0 spiro atoms. The number of likely N-dealkylation sites (tertiary alicyclic amines) is 1. The van der Waals surface area contributed by atoms with Gasteiger partial charge in [0, 0.05) is 37.3 Å². The van der Waals surface area contributed by atoms with Crippen molar-refractivity contribution >= 4 is 5.91 Å². The maximum atomic E-state index is 13.5. The van der Waals surface area contributed by atoms with Gasteiger partial charge in [-0.25, -0.2) is 9.37 Å². The molecule has 2 saturated carbocycles. The lowest BCUT2D eigenvalue weighted by Crippen LogP contribution is -2.40. The minimum atomic E-state index is -0.241. The van der Waals surface area contributed by atoms with Crippen LogP contribution in [0.2, 0.25) is 0 Å². The molecule has 2 heterocycles. The van der Waals surface area contributed by atoms with Crippen LogP contribution in [0.1, 0.15) is 51.0 Å². The molecule has 1 aromatic heterocycles. The summed E-state index contributed by atoms with van der Waals surface area (Å²) in [7, 11) is 0. The Labute approximate surface area is 165 Å². The monoisotopic (exact) mass is 381 g/mol. The quantitative estimate of drug-likeness (QED) is 0.771. The van der Waals surface area contributed by atoms with Gasteiger partial charge in [0.15, 0.2) is 0 Å². The van der Waals surface area contributed by atoms with Crippen LogP contribution in [0.5, 0.6) is 0 Å². The van der Waals surface area contributed by atoms with E-state index in [1.807, 2.05) is 18.6 Å². The van der Waals surface area contributed by atoms with Gasteiger partial charge in [-0.2, -0.15) is 0 Å². The Morgan fingerprint density at radius 3 is 2.71 bits per heavy atom. The van der Waals surface area contributed by atoms with Gasteiger partial charge in [-0.1, -0.05) is 18.6 Å². The Hall–Kier alpha value is -2.17. The third-order valence-corrected chi connectivity index (χ3v) is 7.28. The molecule has 148 valence electrons. The molecule has 0 N–H and O–H groups in total. The smallest absolute Gasteiger partial charge is 0.222 e. The first-order chi connectivity index (χ1) is 13.7. The number of aromatic nitrogens is 2. The number of carbonyl (C=O) groups excluding carboxylic acids is 1. The van der Waals surface area contributed by atoms with Gasteiger partial charge in [0.05, 0.1) is 12.0 Å². The minimum absolute atomic E-state index is 0.241. The molecule has 0 radical (unpaired) electrons. The second-order valence-electron chi connectivity index (χ2n) is 8.97. The summed E-state index contributed by atoms with van der Waals surface area (Å²) in [6, 6.07) is 6.92. The molecule has 1 saturated heterocycles. The molecule has 2 bridgehead atoms. The van der Waals surface area contributed by atoms with E-state index in [2.05, 4.69) is 14.5 Å². The van der Waals surface area contributed by atoms with Gasteiger partial charge in [0.2, 0.25) is 5.91 Å². The summed E-state index contributed by atoms with van der Waals surface area (Å²) < 4.78 is 15.6. The fraction of sp³-hybridized carbons (Fsp3) is 0.565. The van der Waals surface area contributed by atoms with Crippen LogP contribution in [0.4, 0.5) is 4.39 Å². The number of carbonyl (C=O) groups is 1. The maximum absolute atomic E-state index is 13.5. The summed E-state index contributed by atoms with van der Waals surface area (Å²) in [6.45, 7) is 1.66. The van der Waals surface area contributed by atoms with Crippen molar-refractivity contribution in [1.82, 2.24) is 14.5 Å². The van der Waals surface area contributed by atoms with Crippen LogP contribution in [0, 0.1) is 23.6 Å². The number of imidazole rings is 1. The number of nitrogens with zero attached hydrogens (tertiary/aromatic N) is 3. The predicted octanol–water partition coefficient (Wildman–Crippen LogP) is 4.68. The SMILES string of the molecule is O=C(CC1CC2CCC1C2)N1CCC(n2cnc(-c3cccc(F)c3)c2)CC1. The lowest BCUT2D eigenvalue weighted by atomic mass is 9.86. The Morgan fingerprint density at radius 2 is 2.00 bits per heavy atom. The van der Waals surface area contributed by atoms with Gasteiger partial charge in [0.1, 0.15) is 5.82 Å².